The summed E-state index contributed by atoms with van der Waals surface area (Å²) in [7, 11) is 0. The molecular formula is C25H28FN3O4. The number of aryl methyl sites for hydroxylation is 2. The van der Waals surface area contributed by atoms with Crippen molar-refractivity contribution < 1.29 is 13.6 Å². The Morgan fingerprint density at radius 1 is 1.12 bits per heavy atom. The van der Waals surface area contributed by atoms with E-state index in [4.69, 9.17) is 4.42 Å². The van der Waals surface area contributed by atoms with E-state index >= 15 is 0 Å². The summed E-state index contributed by atoms with van der Waals surface area (Å²) in [6.45, 7) is 11.7. The Bertz CT molecular complexity index is 1310. The van der Waals surface area contributed by atoms with Crippen molar-refractivity contribution in [3.63, 3.8) is 0 Å². The number of halogens is 1. The quantitative estimate of drug-likeness (QED) is 0.446. The van der Waals surface area contributed by atoms with Crippen LogP contribution in [0.3, 0.4) is 0 Å². The van der Waals surface area contributed by atoms with Gasteiger partial charge in [0.15, 0.2) is 0 Å². The third kappa shape index (κ3) is 3.63. The number of amides is 1. The summed E-state index contributed by atoms with van der Waals surface area (Å²) in [5.41, 5.74) is -0.149. The number of anilines is 3. The fourth-order valence-corrected chi connectivity index (χ4v) is 4.19. The minimum atomic E-state index is -0.763. The van der Waals surface area contributed by atoms with Crippen molar-refractivity contribution in [2.45, 2.75) is 60.0 Å². The molecule has 0 unspecified atom stereocenters. The lowest BCUT2D eigenvalue weighted by Gasteiger charge is -2.34. The number of benzene rings is 1. The van der Waals surface area contributed by atoms with E-state index in [-0.39, 0.29) is 34.1 Å². The highest BCUT2D eigenvalue weighted by molar-refractivity contribution is 6.05. The zero-order valence-corrected chi connectivity index (χ0v) is 19.6. The molecule has 1 aliphatic rings. The maximum Gasteiger partial charge on any atom is 0.254 e. The summed E-state index contributed by atoms with van der Waals surface area (Å²) in [5.74, 6) is 0.309. The van der Waals surface area contributed by atoms with Gasteiger partial charge in [0.25, 0.3) is 16.8 Å². The van der Waals surface area contributed by atoms with E-state index in [0.29, 0.717) is 11.3 Å². The molecule has 3 aromatic rings. The smallest absolute Gasteiger partial charge is 0.254 e. The second kappa shape index (κ2) is 7.86. The zero-order chi connectivity index (χ0) is 24.2. The third-order valence-electron chi connectivity index (χ3n) is 6.84. The van der Waals surface area contributed by atoms with Crippen LogP contribution in [-0.4, -0.2) is 5.91 Å². The highest BCUT2D eigenvalue weighted by Crippen LogP contribution is 2.41. The van der Waals surface area contributed by atoms with Gasteiger partial charge in [-0.2, -0.15) is 0 Å². The van der Waals surface area contributed by atoms with E-state index in [9.17, 15) is 18.8 Å². The predicted octanol–water partition coefficient (Wildman–Crippen LogP) is 4.77. The van der Waals surface area contributed by atoms with Gasteiger partial charge < -0.3 is 20.4 Å². The first kappa shape index (κ1) is 22.8. The van der Waals surface area contributed by atoms with E-state index < -0.39 is 28.6 Å². The van der Waals surface area contributed by atoms with Crippen LogP contribution >= 0.6 is 0 Å². The van der Waals surface area contributed by atoms with Gasteiger partial charge in [0.2, 0.25) is 0 Å². The monoisotopic (exact) mass is 453 g/mol. The molecule has 2 atom stereocenters. The number of hydrogen-bond acceptors (Lipinski definition) is 6. The summed E-state index contributed by atoms with van der Waals surface area (Å²) >= 11 is 0. The highest BCUT2D eigenvalue weighted by atomic mass is 19.1. The van der Waals surface area contributed by atoms with Gasteiger partial charge in [-0.1, -0.05) is 26.8 Å². The molecule has 33 heavy (non-hydrogen) atoms. The topological polar surface area (TPSA) is 100 Å². The van der Waals surface area contributed by atoms with Crippen molar-refractivity contribution in [1.82, 2.24) is 5.32 Å². The molecule has 7 nitrogen and oxygen atoms in total. The SMILES string of the molecule is CCC(C)(C)[C@@H](Nc1c(Nc2c(F)ccc3c2C(=O)N[C@H]3C)c(=O)c1=O)c1cc(C)c(C)o1. The Morgan fingerprint density at radius 2 is 1.79 bits per heavy atom. The summed E-state index contributed by atoms with van der Waals surface area (Å²) in [4.78, 5) is 37.4. The molecule has 3 N–H and O–H groups in total. The van der Waals surface area contributed by atoms with Gasteiger partial charge in [-0.05, 0) is 55.9 Å². The largest absolute Gasteiger partial charge is 0.464 e. The highest BCUT2D eigenvalue weighted by Gasteiger charge is 2.36. The van der Waals surface area contributed by atoms with Gasteiger partial charge >= 0.3 is 0 Å². The molecule has 174 valence electrons. The predicted molar refractivity (Wildman–Crippen MR) is 126 cm³/mol. The molecule has 0 spiro atoms. The molecule has 0 radical (unpaired) electrons. The molecule has 8 heteroatoms. The van der Waals surface area contributed by atoms with Gasteiger partial charge in [-0.15, -0.1) is 0 Å². The second-order valence-electron chi connectivity index (χ2n) is 9.42. The number of carbonyl (C=O) groups is 1. The van der Waals surface area contributed by atoms with Gasteiger partial charge in [0, 0.05) is 0 Å². The van der Waals surface area contributed by atoms with Crippen LogP contribution in [0, 0.1) is 25.1 Å². The van der Waals surface area contributed by atoms with E-state index in [2.05, 4.69) is 16.0 Å². The molecule has 0 bridgehead atoms. The van der Waals surface area contributed by atoms with E-state index in [1.807, 2.05) is 40.7 Å². The first-order chi connectivity index (χ1) is 15.5. The summed E-state index contributed by atoms with van der Waals surface area (Å²) in [6, 6.07) is 4.01. The van der Waals surface area contributed by atoms with Crippen LogP contribution in [-0.2, 0) is 0 Å². The van der Waals surface area contributed by atoms with Crippen molar-refractivity contribution in [2.24, 2.45) is 5.41 Å². The van der Waals surface area contributed by atoms with Crippen molar-refractivity contribution >= 4 is 23.0 Å². The van der Waals surface area contributed by atoms with Crippen molar-refractivity contribution in [2.75, 3.05) is 10.6 Å². The molecule has 1 aromatic heterocycles. The average molecular weight is 454 g/mol. The van der Waals surface area contributed by atoms with Crippen LogP contribution in [0.4, 0.5) is 21.5 Å². The Labute approximate surface area is 191 Å². The van der Waals surface area contributed by atoms with Crippen molar-refractivity contribution in [3.8, 4) is 0 Å². The van der Waals surface area contributed by atoms with E-state index in [1.165, 1.54) is 6.07 Å². The van der Waals surface area contributed by atoms with Crippen molar-refractivity contribution in [1.29, 1.82) is 0 Å². The van der Waals surface area contributed by atoms with Crippen LogP contribution < -0.4 is 26.8 Å². The maximum atomic E-state index is 14.7. The van der Waals surface area contributed by atoms with E-state index in [0.717, 1.165) is 17.7 Å². The average Bonchev–Trinajstić information content (AvgIpc) is 3.25. The van der Waals surface area contributed by atoms with Gasteiger partial charge in [0.1, 0.15) is 28.7 Å². The Hall–Kier alpha value is -3.42. The van der Waals surface area contributed by atoms with Crippen LogP contribution in [0.25, 0.3) is 0 Å². The Kier molecular flexibility index (Phi) is 5.42. The summed E-state index contributed by atoms with van der Waals surface area (Å²) in [6.07, 6.45) is 0.764. The molecule has 2 aromatic carbocycles. The minimum absolute atomic E-state index is 0.0571. The molecule has 0 saturated heterocycles. The summed E-state index contributed by atoms with van der Waals surface area (Å²) in [5, 5.41) is 8.68. The van der Waals surface area contributed by atoms with Crippen LogP contribution in [0.15, 0.2) is 32.2 Å². The number of rotatable bonds is 7. The number of nitrogens with one attached hydrogen (secondary N) is 3. The molecule has 0 aliphatic carbocycles. The van der Waals surface area contributed by atoms with E-state index in [1.54, 1.807) is 13.0 Å². The molecule has 2 heterocycles. The zero-order valence-electron chi connectivity index (χ0n) is 19.6. The van der Waals surface area contributed by atoms with Crippen LogP contribution in [0.5, 0.6) is 0 Å². The molecule has 0 saturated carbocycles. The summed E-state index contributed by atoms with van der Waals surface area (Å²) < 4.78 is 20.7. The fraction of sp³-hybridized carbons (Fsp3) is 0.400. The van der Waals surface area contributed by atoms with Gasteiger partial charge in [-0.25, -0.2) is 4.39 Å². The first-order valence-corrected chi connectivity index (χ1v) is 11.0. The minimum Gasteiger partial charge on any atom is -0.464 e. The lowest BCUT2D eigenvalue weighted by atomic mass is 9.80. The fourth-order valence-electron chi connectivity index (χ4n) is 4.19. The van der Waals surface area contributed by atoms with Crippen LogP contribution in [0.2, 0.25) is 0 Å². The number of hydrogen-bond donors (Lipinski definition) is 3. The number of furan rings is 1. The first-order valence-electron chi connectivity index (χ1n) is 11.0. The molecular weight excluding hydrogens is 425 g/mol. The lowest BCUT2D eigenvalue weighted by Crippen LogP contribution is -2.40. The Balaban J connectivity index is 1.75. The molecule has 4 rings (SSSR count). The number of fused-ring (bicyclic) bond motifs is 1. The molecule has 1 amide bonds. The standard InChI is InChI=1S/C25H28FN3O4/c1-7-25(5,6)23(16-10-11(2)13(4)33-16)29-20-19(21(30)22(20)31)28-18-15(26)9-8-14-12(3)27-24(32)17(14)18/h8-10,12,23,28-29H,7H2,1-6H3,(H,27,32)/t12-,23-/m0/s1. The lowest BCUT2D eigenvalue weighted by molar-refractivity contribution is 0.0959. The van der Waals surface area contributed by atoms with Crippen molar-refractivity contribution in [3.05, 3.63) is 72.7 Å². The molecule has 0 fully saturated rings. The normalized spacial score (nSPS) is 16.6. The Morgan fingerprint density at radius 3 is 2.39 bits per heavy atom. The van der Waals surface area contributed by atoms with Crippen LogP contribution in [0.1, 0.15) is 79.2 Å². The van der Waals surface area contributed by atoms with Gasteiger partial charge in [-0.3, -0.25) is 14.4 Å². The number of carbonyl (C=O) groups excluding carboxylic acids is 1. The molecule has 1 aliphatic heterocycles. The van der Waals surface area contributed by atoms with Gasteiger partial charge in [0.05, 0.1) is 23.3 Å². The third-order valence-corrected chi connectivity index (χ3v) is 6.84. The second-order valence-corrected chi connectivity index (χ2v) is 9.42. The maximum absolute atomic E-state index is 14.7.